The highest BCUT2D eigenvalue weighted by molar-refractivity contribution is 9.11. The first-order valence-corrected chi connectivity index (χ1v) is 7.42. The van der Waals surface area contributed by atoms with E-state index in [1.165, 1.54) is 4.88 Å². The largest absolute Gasteiger partial charge is 0.350 e. The molecule has 1 amide bonds. The summed E-state index contributed by atoms with van der Waals surface area (Å²) in [7, 11) is 0. The lowest BCUT2D eigenvalue weighted by atomic mass is 10.3. The maximum Gasteiger partial charge on any atom is 0.273 e. The number of hydrogen-bond acceptors (Lipinski definition) is 5. The van der Waals surface area contributed by atoms with Crippen LogP contribution in [0.5, 0.6) is 0 Å². The minimum absolute atomic E-state index is 0.209. The summed E-state index contributed by atoms with van der Waals surface area (Å²) in [6.07, 6.45) is 2.41. The molecule has 6 nitrogen and oxygen atoms in total. The number of halogens is 1. The predicted molar refractivity (Wildman–Crippen MR) is 77.1 cm³/mol. The Labute approximate surface area is 123 Å². The molecule has 0 aromatic carbocycles. The number of carbonyl (C=O) groups is 1. The molecule has 0 aliphatic carbocycles. The van der Waals surface area contributed by atoms with E-state index in [0.29, 0.717) is 25.3 Å². The first kappa shape index (κ1) is 14.2. The van der Waals surface area contributed by atoms with Gasteiger partial charge in [0.2, 0.25) is 0 Å². The molecule has 19 heavy (non-hydrogen) atoms. The highest BCUT2D eigenvalue weighted by Gasteiger charge is 2.10. The Kier molecular flexibility index (Phi) is 5.06. The van der Waals surface area contributed by atoms with E-state index in [4.69, 9.17) is 5.73 Å². The molecule has 0 saturated carbocycles. The number of amides is 1. The van der Waals surface area contributed by atoms with Gasteiger partial charge in [0.1, 0.15) is 0 Å². The molecule has 2 aromatic rings. The van der Waals surface area contributed by atoms with Crippen LogP contribution in [0.4, 0.5) is 0 Å². The Morgan fingerprint density at radius 1 is 1.53 bits per heavy atom. The molecule has 0 aliphatic heterocycles. The molecule has 102 valence electrons. The topological polar surface area (TPSA) is 85.8 Å². The van der Waals surface area contributed by atoms with E-state index >= 15 is 0 Å². The normalized spacial score (nSPS) is 10.6. The van der Waals surface area contributed by atoms with Crippen molar-refractivity contribution >= 4 is 33.2 Å². The van der Waals surface area contributed by atoms with Gasteiger partial charge in [-0.3, -0.25) is 9.48 Å². The SMILES string of the molecule is NCCn1cc(C(=O)NCCc2ccc(Br)s2)nn1. The van der Waals surface area contributed by atoms with Crippen LogP contribution in [0.25, 0.3) is 0 Å². The second-order valence-electron chi connectivity index (χ2n) is 3.87. The molecule has 0 bridgehead atoms. The lowest BCUT2D eigenvalue weighted by molar-refractivity contribution is 0.0949. The van der Waals surface area contributed by atoms with Crippen LogP contribution < -0.4 is 11.1 Å². The van der Waals surface area contributed by atoms with Gasteiger partial charge in [0.05, 0.1) is 16.5 Å². The van der Waals surface area contributed by atoms with E-state index < -0.39 is 0 Å². The van der Waals surface area contributed by atoms with Gasteiger partial charge in [-0.25, -0.2) is 0 Å². The van der Waals surface area contributed by atoms with Crippen LogP contribution in [0.15, 0.2) is 22.1 Å². The van der Waals surface area contributed by atoms with Crippen LogP contribution in [0.1, 0.15) is 15.4 Å². The molecule has 0 unspecified atom stereocenters. The fourth-order valence-electron chi connectivity index (χ4n) is 1.52. The number of aromatic nitrogens is 3. The summed E-state index contributed by atoms with van der Waals surface area (Å²) in [6, 6.07) is 4.04. The molecule has 0 spiro atoms. The van der Waals surface area contributed by atoms with Gasteiger partial charge in [-0.15, -0.1) is 16.4 Å². The monoisotopic (exact) mass is 343 g/mol. The lowest BCUT2D eigenvalue weighted by Crippen LogP contribution is -2.25. The third-order valence-corrected chi connectivity index (χ3v) is 4.10. The van der Waals surface area contributed by atoms with Gasteiger partial charge in [-0.1, -0.05) is 5.21 Å². The molecule has 0 saturated heterocycles. The van der Waals surface area contributed by atoms with E-state index in [9.17, 15) is 4.79 Å². The highest BCUT2D eigenvalue weighted by atomic mass is 79.9. The Morgan fingerprint density at radius 2 is 2.37 bits per heavy atom. The first-order chi connectivity index (χ1) is 9.19. The van der Waals surface area contributed by atoms with Crippen molar-refractivity contribution in [2.75, 3.05) is 13.1 Å². The summed E-state index contributed by atoms with van der Waals surface area (Å²) < 4.78 is 2.66. The number of nitrogens with one attached hydrogen (secondary N) is 1. The average molecular weight is 344 g/mol. The summed E-state index contributed by atoms with van der Waals surface area (Å²) in [5.74, 6) is -0.209. The highest BCUT2D eigenvalue weighted by Crippen LogP contribution is 2.21. The lowest BCUT2D eigenvalue weighted by Gasteiger charge is -2.00. The zero-order valence-corrected chi connectivity index (χ0v) is 12.6. The van der Waals surface area contributed by atoms with Crippen molar-refractivity contribution in [3.8, 4) is 0 Å². The zero-order valence-electron chi connectivity index (χ0n) is 10.2. The predicted octanol–water partition coefficient (Wildman–Crippen LogP) is 1.03. The summed E-state index contributed by atoms with van der Waals surface area (Å²) >= 11 is 5.07. The number of nitrogens with zero attached hydrogens (tertiary/aromatic N) is 3. The van der Waals surface area contributed by atoms with Gasteiger partial charge < -0.3 is 11.1 Å². The van der Waals surface area contributed by atoms with Crippen molar-refractivity contribution in [3.63, 3.8) is 0 Å². The molecule has 0 aliphatic rings. The van der Waals surface area contributed by atoms with E-state index in [0.717, 1.165) is 10.2 Å². The average Bonchev–Trinajstić information content (AvgIpc) is 2.99. The second kappa shape index (κ2) is 6.78. The Morgan fingerprint density at radius 3 is 3.05 bits per heavy atom. The van der Waals surface area contributed by atoms with Gasteiger partial charge in [-0.05, 0) is 34.5 Å². The maximum atomic E-state index is 11.8. The Balaban J connectivity index is 1.80. The van der Waals surface area contributed by atoms with Crippen LogP contribution in [-0.4, -0.2) is 34.0 Å². The van der Waals surface area contributed by atoms with Crippen LogP contribution in [0, 0.1) is 0 Å². The number of rotatable bonds is 6. The Bertz CT molecular complexity index is 553. The maximum absolute atomic E-state index is 11.8. The van der Waals surface area contributed by atoms with Crippen molar-refractivity contribution in [1.29, 1.82) is 0 Å². The fourth-order valence-corrected chi connectivity index (χ4v) is 3.00. The summed E-state index contributed by atoms with van der Waals surface area (Å²) in [4.78, 5) is 13.0. The molecule has 2 heterocycles. The van der Waals surface area contributed by atoms with Gasteiger partial charge in [0, 0.05) is 18.0 Å². The molecule has 2 aromatic heterocycles. The summed E-state index contributed by atoms with van der Waals surface area (Å²) in [6.45, 7) is 1.61. The molecule has 0 radical (unpaired) electrons. The quantitative estimate of drug-likeness (QED) is 0.820. The Hall–Kier alpha value is -1.25. The van der Waals surface area contributed by atoms with E-state index in [1.54, 1.807) is 22.2 Å². The number of carbonyl (C=O) groups excluding carboxylic acids is 1. The van der Waals surface area contributed by atoms with Crippen molar-refractivity contribution in [2.45, 2.75) is 13.0 Å². The van der Waals surface area contributed by atoms with Crippen LogP contribution >= 0.6 is 27.3 Å². The third-order valence-electron chi connectivity index (χ3n) is 2.42. The molecule has 2 rings (SSSR count). The number of thiophene rings is 1. The van der Waals surface area contributed by atoms with Crippen molar-refractivity contribution in [3.05, 3.63) is 32.7 Å². The van der Waals surface area contributed by atoms with Crippen molar-refractivity contribution in [1.82, 2.24) is 20.3 Å². The van der Waals surface area contributed by atoms with Gasteiger partial charge in [0.15, 0.2) is 5.69 Å². The van der Waals surface area contributed by atoms with Gasteiger partial charge in [-0.2, -0.15) is 0 Å². The van der Waals surface area contributed by atoms with Gasteiger partial charge >= 0.3 is 0 Å². The minimum atomic E-state index is -0.209. The second-order valence-corrected chi connectivity index (χ2v) is 6.41. The summed E-state index contributed by atoms with van der Waals surface area (Å²) in [5.41, 5.74) is 5.72. The van der Waals surface area contributed by atoms with E-state index in [2.05, 4.69) is 31.6 Å². The zero-order chi connectivity index (χ0) is 13.7. The first-order valence-electron chi connectivity index (χ1n) is 5.81. The van der Waals surface area contributed by atoms with Crippen LogP contribution in [0.2, 0.25) is 0 Å². The standard InChI is InChI=1S/C11H14BrN5OS/c12-10-2-1-8(19-10)3-5-14-11(18)9-7-17(6-4-13)16-15-9/h1-2,7H,3-6,13H2,(H,14,18). The minimum Gasteiger partial charge on any atom is -0.350 e. The van der Waals surface area contributed by atoms with Gasteiger partial charge in [0.25, 0.3) is 5.91 Å². The number of nitrogens with two attached hydrogens (primary N) is 1. The van der Waals surface area contributed by atoms with Crippen LogP contribution in [0.3, 0.4) is 0 Å². The number of hydrogen-bond donors (Lipinski definition) is 2. The smallest absolute Gasteiger partial charge is 0.273 e. The third kappa shape index (κ3) is 4.12. The van der Waals surface area contributed by atoms with Crippen molar-refractivity contribution in [2.24, 2.45) is 5.73 Å². The molecular formula is C11H14BrN5OS. The summed E-state index contributed by atoms with van der Waals surface area (Å²) in [5, 5.41) is 10.4. The van der Waals surface area contributed by atoms with Crippen LogP contribution in [-0.2, 0) is 13.0 Å². The molecule has 8 heteroatoms. The van der Waals surface area contributed by atoms with E-state index in [-0.39, 0.29) is 5.91 Å². The molecule has 0 atom stereocenters. The van der Waals surface area contributed by atoms with Crippen molar-refractivity contribution < 1.29 is 4.79 Å². The fraction of sp³-hybridized carbons (Fsp3) is 0.364. The van der Waals surface area contributed by atoms with E-state index in [1.807, 2.05) is 12.1 Å². The molecular weight excluding hydrogens is 330 g/mol. The molecule has 3 N–H and O–H groups in total. The molecule has 0 fully saturated rings.